The molecular formula is C22H22F3N3O. The summed E-state index contributed by atoms with van der Waals surface area (Å²) in [6.45, 7) is 2.60. The zero-order valence-electron chi connectivity index (χ0n) is 16.3. The van der Waals surface area contributed by atoms with Crippen LogP contribution in [0.25, 0.3) is 11.3 Å². The monoisotopic (exact) mass is 401 g/mol. The molecule has 0 bridgehead atoms. The maximum atomic E-state index is 13.4. The Kier molecular flexibility index (Phi) is 4.49. The average molecular weight is 401 g/mol. The molecule has 7 heteroatoms. The van der Waals surface area contributed by atoms with Crippen molar-refractivity contribution in [3.8, 4) is 17.3 Å². The van der Waals surface area contributed by atoms with E-state index in [2.05, 4.69) is 11.2 Å². The third-order valence-corrected chi connectivity index (χ3v) is 6.51. The van der Waals surface area contributed by atoms with Crippen molar-refractivity contribution < 1.29 is 18.3 Å². The first-order valence-corrected chi connectivity index (χ1v) is 9.70. The van der Waals surface area contributed by atoms with Gasteiger partial charge in [-0.3, -0.25) is 4.68 Å². The largest absolute Gasteiger partial charge is 0.511 e. The number of halogens is 3. The van der Waals surface area contributed by atoms with E-state index in [1.807, 2.05) is 44.2 Å². The van der Waals surface area contributed by atoms with Gasteiger partial charge in [0, 0.05) is 28.2 Å². The normalized spacial score (nSPS) is 26.6. The summed E-state index contributed by atoms with van der Waals surface area (Å²) < 4.78 is 41.3. The first kappa shape index (κ1) is 19.6. The minimum absolute atomic E-state index is 0.0561. The fourth-order valence-corrected chi connectivity index (χ4v) is 5.32. The van der Waals surface area contributed by atoms with Crippen molar-refractivity contribution >= 4 is 0 Å². The quantitative estimate of drug-likeness (QED) is 0.742. The number of fused-ring (bicyclic) bond motifs is 3. The molecule has 0 saturated carbocycles. The molecule has 152 valence electrons. The van der Waals surface area contributed by atoms with Crippen LogP contribution in [0.1, 0.15) is 37.9 Å². The van der Waals surface area contributed by atoms with Gasteiger partial charge in [-0.15, -0.1) is 0 Å². The van der Waals surface area contributed by atoms with Gasteiger partial charge in [0.2, 0.25) is 0 Å². The van der Waals surface area contributed by atoms with Crippen LogP contribution in [0.5, 0.6) is 0 Å². The molecule has 0 fully saturated rings. The maximum Gasteiger partial charge on any atom is 0.408 e. The average Bonchev–Trinajstić information content (AvgIpc) is 3.03. The van der Waals surface area contributed by atoms with Crippen molar-refractivity contribution in [2.75, 3.05) is 0 Å². The number of nitrogens with zero attached hydrogens (tertiary/aromatic N) is 3. The Balaban J connectivity index is 1.94. The Labute approximate surface area is 167 Å². The number of nitriles is 1. The molecule has 29 heavy (non-hydrogen) atoms. The van der Waals surface area contributed by atoms with E-state index < -0.39 is 18.1 Å². The summed E-state index contributed by atoms with van der Waals surface area (Å²) in [7, 11) is 0. The van der Waals surface area contributed by atoms with Gasteiger partial charge in [-0.2, -0.15) is 23.5 Å². The lowest BCUT2D eigenvalue weighted by Crippen LogP contribution is -2.46. The van der Waals surface area contributed by atoms with Crippen LogP contribution in [0, 0.1) is 23.2 Å². The highest BCUT2D eigenvalue weighted by molar-refractivity contribution is 5.66. The van der Waals surface area contributed by atoms with Gasteiger partial charge < -0.3 is 5.11 Å². The van der Waals surface area contributed by atoms with Gasteiger partial charge in [-0.05, 0) is 25.2 Å². The lowest BCUT2D eigenvalue weighted by Gasteiger charge is -2.48. The first-order valence-electron chi connectivity index (χ1n) is 9.70. The number of aromatic nitrogens is 2. The van der Waals surface area contributed by atoms with Gasteiger partial charge in [0.1, 0.15) is 12.3 Å². The number of allylic oxidation sites excluding steroid dienone is 2. The second kappa shape index (κ2) is 6.65. The first-order chi connectivity index (χ1) is 13.7. The van der Waals surface area contributed by atoms with E-state index in [1.165, 1.54) is 0 Å². The molecule has 0 saturated heterocycles. The number of benzene rings is 1. The molecule has 4 rings (SSSR count). The number of hydrogen-bond donors (Lipinski definition) is 1. The van der Waals surface area contributed by atoms with Gasteiger partial charge in [0.05, 0.1) is 17.3 Å². The zero-order valence-corrected chi connectivity index (χ0v) is 16.3. The van der Waals surface area contributed by atoms with Crippen LogP contribution in [-0.4, -0.2) is 21.1 Å². The van der Waals surface area contributed by atoms with Crippen LogP contribution in [0.15, 0.2) is 41.7 Å². The molecular weight excluding hydrogens is 379 g/mol. The molecule has 0 radical (unpaired) electrons. The SMILES string of the molecule is C[C@H]1C(O)=C(C#N)C[C@@]2(C)c3c(c(-c4ccccc4)nn3CC(F)(F)F)CC[C@H]12. The van der Waals surface area contributed by atoms with E-state index in [0.29, 0.717) is 17.8 Å². The molecule has 2 aliphatic rings. The minimum atomic E-state index is -4.41. The predicted octanol–water partition coefficient (Wildman–Crippen LogP) is 5.31. The summed E-state index contributed by atoms with van der Waals surface area (Å²) in [5.41, 5.74) is 2.30. The van der Waals surface area contributed by atoms with Gasteiger partial charge in [-0.1, -0.05) is 44.2 Å². The zero-order chi connectivity index (χ0) is 21.0. The Morgan fingerprint density at radius 2 is 2.00 bits per heavy atom. The van der Waals surface area contributed by atoms with E-state index >= 15 is 0 Å². The molecule has 1 heterocycles. The van der Waals surface area contributed by atoms with Crippen LogP contribution in [0.2, 0.25) is 0 Å². The Morgan fingerprint density at radius 1 is 1.31 bits per heavy atom. The van der Waals surface area contributed by atoms with E-state index in [9.17, 15) is 23.5 Å². The third kappa shape index (κ3) is 3.11. The van der Waals surface area contributed by atoms with Crippen LogP contribution in [0.3, 0.4) is 0 Å². The summed E-state index contributed by atoms with van der Waals surface area (Å²) in [6, 6.07) is 11.3. The molecule has 2 aromatic rings. The van der Waals surface area contributed by atoms with Crippen molar-refractivity contribution in [2.24, 2.45) is 11.8 Å². The third-order valence-electron chi connectivity index (χ3n) is 6.51. The standard InChI is InChI=1S/C22H22F3N3O/c1-13-17-9-8-16-18(14-6-4-3-5-7-14)27-28(12-22(23,24)25)20(16)21(17,2)10-15(11-26)19(13)29/h3-7,13,17,29H,8-10,12H2,1-2H3/t13-,17-,21-/m1/s1. The summed E-state index contributed by atoms with van der Waals surface area (Å²) in [6.07, 6.45) is -2.87. The Bertz CT molecular complexity index is 1020. The van der Waals surface area contributed by atoms with E-state index in [-0.39, 0.29) is 29.6 Å². The molecule has 2 aliphatic carbocycles. The molecule has 0 unspecified atom stereocenters. The van der Waals surface area contributed by atoms with E-state index in [0.717, 1.165) is 22.2 Å². The summed E-state index contributed by atoms with van der Waals surface area (Å²) in [5, 5.41) is 24.3. The van der Waals surface area contributed by atoms with Crippen molar-refractivity contribution in [1.29, 1.82) is 5.26 Å². The van der Waals surface area contributed by atoms with Crippen molar-refractivity contribution in [3.63, 3.8) is 0 Å². The van der Waals surface area contributed by atoms with Gasteiger partial charge in [0.15, 0.2) is 0 Å². The van der Waals surface area contributed by atoms with Crippen molar-refractivity contribution in [2.45, 2.75) is 51.2 Å². The van der Waals surface area contributed by atoms with E-state index in [1.54, 1.807) is 0 Å². The van der Waals surface area contributed by atoms with Crippen LogP contribution in [0.4, 0.5) is 13.2 Å². The molecule has 0 spiro atoms. The molecule has 1 aromatic carbocycles. The fraction of sp³-hybridized carbons (Fsp3) is 0.455. The fourth-order valence-electron chi connectivity index (χ4n) is 5.32. The van der Waals surface area contributed by atoms with Gasteiger partial charge >= 0.3 is 6.18 Å². The molecule has 0 aliphatic heterocycles. The van der Waals surface area contributed by atoms with Crippen molar-refractivity contribution in [1.82, 2.24) is 9.78 Å². The highest BCUT2D eigenvalue weighted by atomic mass is 19.4. The molecule has 1 N–H and O–H groups in total. The highest BCUT2D eigenvalue weighted by Crippen LogP contribution is 2.54. The minimum Gasteiger partial charge on any atom is -0.511 e. The second-order valence-corrected chi connectivity index (χ2v) is 8.32. The lowest BCUT2D eigenvalue weighted by molar-refractivity contribution is -0.143. The molecule has 1 aromatic heterocycles. The summed E-state index contributed by atoms with van der Waals surface area (Å²) >= 11 is 0. The van der Waals surface area contributed by atoms with Crippen molar-refractivity contribution in [3.05, 3.63) is 52.9 Å². The number of rotatable bonds is 2. The van der Waals surface area contributed by atoms with Crippen LogP contribution < -0.4 is 0 Å². The van der Waals surface area contributed by atoms with E-state index in [4.69, 9.17) is 0 Å². The van der Waals surface area contributed by atoms with Gasteiger partial charge in [-0.25, -0.2) is 0 Å². The second-order valence-electron chi connectivity index (χ2n) is 8.32. The predicted molar refractivity (Wildman–Crippen MR) is 102 cm³/mol. The molecule has 0 amide bonds. The number of hydrogen-bond acceptors (Lipinski definition) is 3. The summed E-state index contributed by atoms with van der Waals surface area (Å²) in [4.78, 5) is 0. The topological polar surface area (TPSA) is 61.8 Å². The highest BCUT2D eigenvalue weighted by Gasteiger charge is 2.51. The molecule has 4 nitrogen and oxygen atoms in total. The summed E-state index contributed by atoms with van der Waals surface area (Å²) in [5.74, 6) is -0.269. The number of alkyl halides is 3. The lowest BCUT2D eigenvalue weighted by atomic mass is 9.56. The Hall–Kier alpha value is -2.75. The number of aliphatic hydroxyl groups excluding tert-OH is 1. The maximum absolute atomic E-state index is 13.4. The van der Waals surface area contributed by atoms with Crippen LogP contribution in [-0.2, 0) is 18.4 Å². The van der Waals surface area contributed by atoms with Crippen LogP contribution >= 0.6 is 0 Å². The molecule has 3 atom stereocenters. The van der Waals surface area contributed by atoms with Gasteiger partial charge in [0.25, 0.3) is 0 Å². The smallest absolute Gasteiger partial charge is 0.408 e. The number of aliphatic hydroxyl groups is 1. The Morgan fingerprint density at radius 3 is 2.62 bits per heavy atom.